The molecule has 1 unspecified atom stereocenters. The van der Waals surface area contributed by atoms with Gasteiger partial charge < -0.3 is 15.4 Å². The molecule has 0 radical (unpaired) electrons. The van der Waals surface area contributed by atoms with Crippen LogP contribution in [0.25, 0.3) is 0 Å². The number of benzene rings is 2. The van der Waals surface area contributed by atoms with Gasteiger partial charge in [0.15, 0.2) is 17.6 Å². The van der Waals surface area contributed by atoms with Crippen LogP contribution in [0.3, 0.4) is 0 Å². The summed E-state index contributed by atoms with van der Waals surface area (Å²) < 4.78 is 6.98. The standard InChI is InChI=1S/C23H26N6O2.ClH/c1-16(18-9-6-10-19(15-18)20(30)17-7-4-3-5-8-17)21-25-23(28(2)27-21)26-22(24)29-11-13-31-14-12-29;/h3-10,15-16H,11-14H2,1-2H3,(H2,24,25,26,27);1H. The number of nitrogens with zero attached hydrogens (tertiary/aromatic N) is 5. The SMILES string of the molecule is CC(c1cccc(C(=O)c2ccccc2)c1)c1nc(N=C(N)N2CCOCC2)n(C)n1.Cl. The van der Waals surface area contributed by atoms with Crippen molar-refractivity contribution in [2.75, 3.05) is 26.3 Å². The van der Waals surface area contributed by atoms with E-state index >= 15 is 0 Å². The van der Waals surface area contributed by atoms with Gasteiger partial charge in [0, 0.05) is 37.2 Å². The molecule has 2 heterocycles. The van der Waals surface area contributed by atoms with Gasteiger partial charge in [-0.15, -0.1) is 12.4 Å². The van der Waals surface area contributed by atoms with Gasteiger partial charge in [-0.2, -0.15) is 15.1 Å². The Kier molecular flexibility index (Phi) is 7.61. The Labute approximate surface area is 193 Å². The maximum Gasteiger partial charge on any atom is 0.251 e. The number of halogens is 1. The molecule has 1 aliphatic heterocycles. The predicted octanol–water partition coefficient (Wildman–Crippen LogP) is 2.90. The molecule has 2 aromatic carbocycles. The van der Waals surface area contributed by atoms with E-state index in [1.165, 1.54) is 0 Å². The Balaban J connectivity index is 0.00000289. The number of aliphatic imine (C=N–C) groups is 1. The summed E-state index contributed by atoms with van der Waals surface area (Å²) in [4.78, 5) is 23.8. The van der Waals surface area contributed by atoms with Crippen molar-refractivity contribution in [3.05, 3.63) is 77.1 Å². The molecule has 32 heavy (non-hydrogen) atoms. The first kappa shape index (κ1) is 23.4. The minimum absolute atomic E-state index is 0. The quantitative estimate of drug-likeness (QED) is 0.361. The number of morpholine rings is 1. The third-order valence-corrected chi connectivity index (χ3v) is 5.38. The number of ketones is 1. The van der Waals surface area contributed by atoms with E-state index in [2.05, 4.69) is 15.1 Å². The zero-order chi connectivity index (χ0) is 21.8. The van der Waals surface area contributed by atoms with Crippen LogP contribution in [0, 0.1) is 0 Å². The molecule has 0 spiro atoms. The Morgan fingerprint density at radius 1 is 1.09 bits per heavy atom. The van der Waals surface area contributed by atoms with Crippen molar-refractivity contribution < 1.29 is 9.53 Å². The Bertz CT molecular complexity index is 1090. The maximum absolute atomic E-state index is 12.8. The van der Waals surface area contributed by atoms with Crippen molar-refractivity contribution in [3.8, 4) is 0 Å². The normalized spacial score (nSPS) is 15.2. The van der Waals surface area contributed by atoms with Crippen LogP contribution in [0.5, 0.6) is 0 Å². The summed E-state index contributed by atoms with van der Waals surface area (Å²) in [6.07, 6.45) is 0. The molecule has 3 aromatic rings. The average molecular weight is 455 g/mol. The van der Waals surface area contributed by atoms with Crippen molar-refractivity contribution in [1.29, 1.82) is 0 Å². The first-order chi connectivity index (χ1) is 15.0. The molecule has 1 aliphatic rings. The van der Waals surface area contributed by atoms with Crippen molar-refractivity contribution in [2.24, 2.45) is 17.8 Å². The molecular formula is C23H27ClN6O2. The number of hydrogen-bond donors (Lipinski definition) is 1. The van der Waals surface area contributed by atoms with Crippen LogP contribution in [0.15, 0.2) is 59.6 Å². The van der Waals surface area contributed by atoms with E-state index in [1.54, 1.807) is 11.7 Å². The molecule has 0 aliphatic carbocycles. The second kappa shape index (κ2) is 10.4. The Hall–Kier alpha value is -3.23. The number of carbonyl (C=O) groups excluding carboxylic acids is 1. The number of guanidine groups is 1. The Morgan fingerprint density at radius 2 is 1.78 bits per heavy atom. The summed E-state index contributed by atoms with van der Waals surface area (Å²) >= 11 is 0. The average Bonchev–Trinajstić information content (AvgIpc) is 3.19. The molecule has 2 N–H and O–H groups in total. The third kappa shape index (κ3) is 5.15. The van der Waals surface area contributed by atoms with Crippen LogP contribution in [0.4, 0.5) is 5.95 Å². The molecule has 8 nitrogen and oxygen atoms in total. The van der Waals surface area contributed by atoms with Crippen molar-refractivity contribution >= 4 is 30.1 Å². The van der Waals surface area contributed by atoms with Crippen LogP contribution in [-0.2, 0) is 11.8 Å². The predicted molar refractivity (Wildman–Crippen MR) is 126 cm³/mol. The molecule has 4 rings (SSSR count). The first-order valence-corrected chi connectivity index (χ1v) is 10.3. The van der Waals surface area contributed by atoms with Crippen LogP contribution in [-0.4, -0.2) is 57.7 Å². The van der Waals surface area contributed by atoms with Crippen LogP contribution in [0.2, 0.25) is 0 Å². The van der Waals surface area contributed by atoms with Crippen LogP contribution in [0.1, 0.15) is 40.2 Å². The number of carbonyl (C=O) groups is 1. The Morgan fingerprint density at radius 3 is 2.50 bits per heavy atom. The highest BCUT2D eigenvalue weighted by atomic mass is 35.5. The van der Waals surface area contributed by atoms with Gasteiger partial charge in [0.1, 0.15) is 0 Å². The summed E-state index contributed by atoms with van der Waals surface area (Å²) in [6, 6.07) is 16.9. The highest BCUT2D eigenvalue weighted by molar-refractivity contribution is 6.09. The van der Waals surface area contributed by atoms with Gasteiger partial charge in [0.05, 0.1) is 13.2 Å². The molecule has 168 valence electrons. The lowest BCUT2D eigenvalue weighted by Crippen LogP contribution is -2.44. The van der Waals surface area contributed by atoms with Gasteiger partial charge in [-0.1, -0.05) is 55.5 Å². The number of nitrogens with two attached hydrogens (primary N) is 1. The fraction of sp³-hybridized carbons (Fsp3) is 0.304. The van der Waals surface area contributed by atoms with E-state index in [0.717, 1.165) is 5.56 Å². The topological polar surface area (TPSA) is 98.6 Å². The van der Waals surface area contributed by atoms with Gasteiger partial charge in [-0.05, 0) is 11.6 Å². The fourth-order valence-corrected chi connectivity index (χ4v) is 3.50. The van der Waals surface area contributed by atoms with E-state index in [1.807, 2.05) is 66.4 Å². The fourth-order valence-electron chi connectivity index (χ4n) is 3.50. The van der Waals surface area contributed by atoms with Crippen molar-refractivity contribution in [1.82, 2.24) is 19.7 Å². The van der Waals surface area contributed by atoms with E-state index in [0.29, 0.717) is 55.2 Å². The molecule has 1 aromatic heterocycles. The van der Waals surface area contributed by atoms with E-state index in [-0.39, 0.29) is 24.1 Å². The van der Waals surface area contributed by atoms with Gasteiger partial charge >= 0.3 is 0 Å². The largest absolute Gasteiger partial charge is 0.378 e. The second-order valence-corrected chi connectivity index (χ2v) is 7.51. The molecule has 0 saturated carbocycles. The number of aromatic nitrogens is 3. The van der Waals surface area contributed by atoms with Gasteiger partial charge in [-0.3, -0.25) is 4.79 Å². The van der Waals surface area contributed by atoms with Gasteiger partial charge in [0.2, 0.25) is 0 Å². The molecule has 1 fully saturated rings. The number of rotatable bonds is 5. The van der Waals surface area contributed by atoms with Crippen LogP contribution < -0.4 is 5.73 Å². The second-order valence-electron chi connectivity index (χ2n) is 7.51. The number of hydrogen-bond acceptors (Lipinski definition) is 5. The molecule has 0 bridgehead atoms. The lowest BCUT2D eigenvalue weighted by Gasteiger charge is -2.27. The minimum Gasteiger partial charge on any atom is -0.378 e. The molecule has 1 atom stereocenters. The highest BCUT2D eigenvalue weighted by Crippen LogP contribution is 2.25. The number of aryl methyl sites for hydroxylation is 1. The number of ether oxygens (including phenoxy) is 1. The lowest BCUT2D eigenvalue weighted by atomic mass is 9.95. The maximum atomic E-state index is 12.8. The summed E-state index contributed by atoms with van der Waals surface area (Å²) in [5.74, 6) is 1.37. The van der Waals surface area contributed by atoms with E-state index in [4.69, 9.17) is 10.5 Å². The summed E-state index contributed by atoms with van der Waals surface area (Å²) in [6.45, 7) is 4.70. The summed E-state index contributed by atoms with van der Waals surface area (Å²) in [5.41, 5.74) is 8.42. The lowest BCUT2D eigenvalue weighted by molar-refractivity contribution is 0.0675. The van der Waals surface area contributed by atoms with E-state index in [9.17, 15) is 4.79 Å². The van der Waals surface area contributed by atoms with Gasteiger partial charge in [0.25, 0.3) is 5.95 Å². The monoisotopic (exact) mass is 454 g/mol. The molecule has 0 amide bonds. The summed E-state index contributed by atoms with van der Waals surface area (Å²) in [7, 11) is 1.80. The zero-order valence-electron chi connectivity index (χ0n) is 18.1. The van der Waals surface area contributed by atoms with Crippen LogP contribution >= 0.6 is 12.4 Å². The molecule has 1 saturated heterocycles. The van der Waals surface area contributed by atoms with Gasteiger partial charge in [-0.25, -0.2) is 4.68 Å². The third-order valence-electron chi connectivity index (χ3n) is 5.38. The smallest absolute Gasteiger partial charge is 0.251 e. The minimum atomic E-state index is -0.108. The molecular weight excluding hydrogens is 428 g/mol. The first-order valence-electron chi connectivity index (χ1n) is 10.3. The zero-order valence-corrected chi connectivity index (χ0v) is 19.0. The van der Waals surface area contributed by atoms with Crippen molar-refractivity contribution in [3.63, 3.8) is 0 Å². The highest BCUT2D eigenvalue weighted by Gasteiger charge is 2.19. The summed E-state index contributed by atoms with van der Waals surface area (Å²) in [5, 5.41) is 4.53. The molecule has 9 heteroatoms. The van der Waals surface area contributed by atoms with Crippen molar-refractivity contribution in [2.45, 2.75) is 12.8 Å². The van der Waals surface area contributed by atoms with E-state index < -0.39 is 0 Å².